The quantitative estimate of drug-likeness (QED) is 0.781. The second kappa shape index (κ2) is 6.99. The third-order valence-electron chi connectivity index (χ3n) is 3.01. The van der Waals surface area contributed by atoms with Crippen molar-refractivity contribution in [3.8, 4) is 0 Å². The monoisotopic (exact) mass is 336 g/mol. The zero-order chi connectivity index (χ0) is 17.0. The lowest BCUT2D eigenvalue weighted by atomic mass is 9.99. The number of thioether (sulfide) groups is 1. The number of nitrogens with zero attached hydrogens (tertiary/aromatic N) is 1. The van der Waals surface area contributed by atoms with Crippen LogP contribution in [0.2, 0.25) is 0 Å². The molecule has 22 heavy (non-hydrogen) atoms. The van der Waals surface area contributed by atoms with Crippen molar-refractivity contribution in [3.63, 3.8) is 0 Å². The van der Waals surface area contributed by atoms with E-state index in [1.54, 1.807) is 6.92 Å². The summed E-state index contributed by atoms with van der Waals surface area (Å²) in [5.74, 6) is -1.82. The number of carboxylic acids is 1. The van der Waals surface area contributed by atoms with Crippen molar-refractivity contribution in [1.82, 2.24) is 10.3 Å². The minimum Gasteiger partial charge on any atom is -0.480 e. The van der Waals surface area contributed by atoms with E-state index in [4.69, 9.17) is 5.11 Å². The Morgan fingerprint density at radius 2 is 2.00 bits per heavy atom. The number of nitrogens with one attached hydrogen (secondary N) is 1. The first-order valence-corrected chi connectivity index (χ1v) is 7.27. The van der Waals surface area contributed by atoms with Gasteiger partial charge in [0.1, 0.15) is 5.54 Å². The van der Waals surface area contributed by atoms with Crippen LogP contribution in [0.4, 0.5) is 13.2 Å². The highest BCUT2D eigenvalue weighted by molar-refractivity contribution is 7.99. The Hall–Kier alpha value is -1.77. The van der Waals surface area contributed by atoms with Gasteiger partial charge in [-0.1, -0.05) is 18.7 Å². The van der Waals surface area contributed by atoms with E-state index < -0.39 is 29.2 Å². The second-order valence-electron chi connectivity index (χ2n) is 4.71. The van der Waals surface area contributed by atoms with Crippen molar-refractivity contribution < 1.29 is 27.9 Å². The van der Waals surface area contributed by atoms with Gasteiger partial charge in [0, 0.05) is 6.20 Å². The molecular weight excluding hydrogens is 321 g/mol. The molecule has 0 radical (unpaired) electrons. The number of aromatic nitrogens is 1. The highest BCUT2D eigenvalue weighted by Crippen LogP contribution is 2.29. The van der Waals surface area contributed by atoms with E-state index in [1.807, 2.05) is 0 Å². The minimum absolute atomic E-state index is 0.138. The highest BCUT2D eigenvalue weighted by Gasteiger charge is 2.33. The molecule has 5 nitrogen and oxygen atoms in total. The van der Waals surface area contributed by atoms with Gasteiger partial charge in [0.05, 0.1) is 16.3 Å². The maximum atomic E-state index is 12.4. The molecule has 1 rings (SSSR count). The molecule has 1 heterocycles. The van der Waals surface area contributed by atoms with Crippen LogP contribution < -0.4 is 5.32 Å². The number of aliphatic carboxylic acids is 1. The fraction of sp³-hybridized carbons (Fsp3) is 0.462. The molecule has 2 N–H and O–H groups in total. The van der Waals surface area contributed by atoms with Gasteiger partial charge in [-0.3, -0.25) is 4.79 Å². The van der Waals surface area contributed by atoms with Crippen LogP contribution in [0.15, 0.2) is 23.4 Å². The highest BCUT2D eigenvalue weighted by atomic mass is 32.2. The summed E-state index contributed by atoms with van der Waals surface area (Å²) < 4.78 is 37.1. The topological polar surface area (TPSA) is 79.3 Å². The van der Waals surface area contributed by atoms with E-state index in [0.29, 0.717) is 6.20 Å². The van der Waals surface area contributed by atoms with Gasteiger partial charge in [0.15, 0.2) is 0 Å². The zero-order valence-corrected chi connectivity index (χ0v) is 12.7. The molecule has 0 saturated heterocycles. The Kier molecular flexibility index (Phi) is 5.81. The Bertz CT molecular complexity index is 548. The maximum absolute atomic E-state index is 12.4. The van der Waals surface area contributed by atoms with Crippen LogP contribution in [-0.4, -0.2) is 33.3 Å². The summed E-state index contributed by atoms with van der Waals surface area (Å²) in [6.07, 6.45) is -3.57. The van der Waals surface area contributed by atoms with Gasteiger partial charge in [0.2, 0.25) is 5.91 Å². The number of carbonyl (C=O) groups excluding carboxylic acids is 1. The van der Waals surface area contributed by atoms with Gasteiger partial charge in [-0.25, -0.2) is 9.78 Å². The van der Waals surface area contributed by atoms with Crippen LogP contribution >= 0.6 is 11.8 Å². The fourth-order valence-corrected chi connectivity index (χ4v) is 2.05. The molecule has 0 fully saturated rings. The largest absolute Gasteiger partial charge is 0.480 e. The molecular formula is C13H15F3N2O3S. The molecule has 0 saturated carbocycles. The molecule has 1 unspecified atom stereocenters. The number of carbonyl (C=O) groups is 2. The lowest BCUT2D eigenvalue weighted by molar-refractivity contribution is -0.146. The summed E-state index contributed by atoms with van der Waals surface area (Å²) in [6.45, 7) is 3.01. The summed E-state index contributed by atoms with van der Waals surface area (Å²) in [4.78, 5) is 26.4. The standard InChI is InChI=1S/C13H15F3N2O3S/c1-3-12(2,11(20)21)18-9(19)7-22-10-5-4-8(6-17-10)13(14,15)16/h4-6H,3,7H2,1-2H3,(H,18,19)(H,20,21). The molecule has 0 aliphatic heterocycles. The van der Waals surface area contributed by atoms with Gasteiger partial charge >= 0.3 is 12.1 Å². The number of hydrogen-bond donors (Lipinski definition) is 2. The summed E-state index contributed by atoms with van der Waals surface area (Å²) in [5, 5.41) is 11.7. The molecule has 1 amide bonds. The van der Waals surface area contributed by atoms with Gasteiger partial charge < -0.3 is 10.4 Å². The summed E-state index contributed by atoms with van der Waals surface area (Å²) in [6, 6.07) is 2.04. The minimum atomic E-state index is -4.46. The molecule has 1 aromatic heterocycles. The number of alkyl halides is 3. The lowest BCUT2D eigenvalue weighted by Gasteiger charge is -2.24. The first-order valence-electron chi connectivity index (χ1n) is 6.29. The number of carboxylic acid groups (broad SMARTS) is 1. The first kappa shape index (κ1) is 18.3. The van der Waals surface area contributed by atoms with Crippen LogP contribution in [0, 0.1) is 0 Å². The van der Waals surface area contributed by atoms with Crippen LogP contribution in [-0.2, 0) is 15.8 Å². The molecule has 0 spiro atoms. The fourth-order valence-electron chi connectivity index (χ4n) is 1.41. The average Bonchev–Trinajstić information content (AvgIpc) is 2.44. The van der Waals surface area contributed by atoms with E-state index >= 15 is 0 Å². The van der Waals surface area contributed by atoms with Crippen LogP contribution in [0.5, 0.6) is 0 Å². The number of halogens is 3. The Morgan fingerprint density at radius 3 is 2.41 bits per heavy atom. The Labute approximate surface area is 129 Å². The normalized spacial score (nSPS) is 14.2. The number of amides is 1. The molecule has 122 valence electrons. The van der Waals surface area contributed by atoms with Crippen molar-refractivity contribution in [1.29, 1.82) is 0 Å². The van der Waals surface area contributed by atoms with Crippen LogP contribution in [0.1, 0.15) is 25.8 Å². The summed E-state index contributed by atoms with van der Waals surface area (Å²) in [5.41, 5.74) is -2.24. The Balaban J connectivity index is 2.59. The molecule has 0 aliphatic rings. The van der Waals surface area contributed by atoms with E-state index in [-0.39, 0.29) is 17.2 Å². The van der Waals surface area contributed by atoms with E-state index in [2.05, 4.69) is 10.3 Å². The Morgan fingerprint density at radius 1 is 1.36 bits per heavy atom. The van der Waals surface area contributed by atoms with E-state index in [9.17, 15) is 22.8 Å². The summed E-state index contributed by atoms with van der Waals surface area (Å²) in [7, 11) is 0. The lowest BCUT2D eigenvalue weighted by Crippen LogP contribution is -2.52. The third kappa shape index (κ3) is 4.90. The third-order valence-corrected chi connectivity index (χ3v) is 3.95. The van der Waals surface area contributed by atoms with Crippen molar-refractivity contribution >= 4 is 23.6 Å². The summed E-state index contributed by atoms with van der Waals surface area (Å²) >= 11 is 0.927. The van der Waals surface area contributed by atoms with Gasteiger partial charge in [0.25, 0.3) is 0 Å². The van der Waals surface area contributed by atoms with Gasteiger partial charge in [-0.15, -0.1) is 0 Å². The van der Waals surface area contributed by atoms with E-state index in [0.717, 1.165) is 23.9 Å². The molecule has 9 heteroatoms. The second-order valence-corrected chi connectivity index (χ2v) is 5.71. The maximum Gasteiger partial charge on any atom is 0.417 e. The number of hydrogen-bond acceptors (Lipinski definition) is 4. The smallest absolute Gasteiger partial charge is 0.417 e. The van der Waals surface area contributed by atoms with Crippen molar-refractivity contribution in [3.05, 3.63) is 23.9 Å². The molecule has 1 aromatic rings. The first-order chi connectivity index (χ1) is 10.1. The SMILES string of the molecule is CCC(C)(NC(=O)CSc1ccc(C(F)(F)F)cn1)C(=O)O. The van der Waals surface area contributed by atoms with Gasteiger partial charge in [-0.05, 0) is 25.5 Å². The van der Waals surface area contributed by atoms with Crippen molar-refractivity contribution in [2.45, 2.75) is 37.0 Å². The van der Waals surface area contributed by atoms with Crippen LogP contribution in [0.25, 0.3) is 0 Å². The number of pyridine rings is 1. The average molecular weight is 336 g/mol. The molecule has 0 aromatic carbocycles. The van der Waals surface area contributed by atoms with Crippen LogP contribution in [0.3, 0.4) is 0 Å². The number of rotatable bonds is 6. The van der Waals surface area contributed by atoms with Crippen molar-refractivity contribution in [2.24, 2.45) is 0 Å². The van der Waals surface area contributed by atoms with Gasteiger partial charge in [-0.2, -0.15) is 13.2 Å². The van der Waals surface area contributed by atoms with Crippen molar-refractivity contribution in [2.75, 3.05) is 5.75 Å². The zero-order valence-electron chi connectivity index (χ0n) is 11.9. The molecule has 1 atom stereocenters. The van der Waals surface area contributed by atoms with E-state index in [1.165, 1.54) is 6.92 Å². The molecule has 0 bridgehead atoms. The molecule has 0 aliphatic carbocycles. The predicted molar refractivity (Wildman–Crippen MR) is 74.4 cm³/mol. The predicted octanol–water partition coefficient (Wildman–Crippen LogP) is 2.56.